The van der Waals surface area contributed by atoms with Crippen molar-refractivity contribution in [1.29, 1.82) is 0 Å². The summed E-state index contributed by atoms with van der Waals surface area (Å²) >= 11 is 1.76. The van der Waals surface area contributed by atoms with E-state index in [4.69, 9.17) is 5.11 Å². The highest BCUT2D eigenvalue weighted by Crippen LogP contribution is 2.32. The zero-order valence-electron chi connectivity index (χ0n) is 10.6. The maximum atomic E-state index is 11.0. The molecular formula is C14H19NO2S. The smallest absolute Gasteiger partial charge is 0.320 e. The first kappa shape index (κ1) is 13.4. The zero-order valence-corrected chi connectivity index (χ0v) is 11.4. The lowest BCUT2D eigenvalue weighted by Crippen LogP contribution is -2.39. The van der Waals surface area contributed by atoms with Crippen molar-refractivity contribution in [2.24, 2.45) is 5.92 Å². The van der Waals surface area contributed by atoms with Crippen molar-refractivity contribution in [3.63, 3.8) is 0 Å². The van der Waals surface area contributed by atoms with E-state index in [-0.39, 0.29) is 6.04 Å². The molecular weight excluding hydrogens is 246 g/mol. The van der Waals surface area contributed by atoms with Gasteiger partial charge in [0.1, 0.15) is 6.04 Å². The molecule has 1 saturated carbocycles. The topological polar surface area (TPSA) is 49.3 Å². The third kappa shape index (κ3) is 4.03. The standard InChI is InChI=1S/C14H19NO2S/c1-10-2-6-12(7-3-10)18-9-8-15-13(14(16)17)11-4-5-11/h2-3,6-7,11,13,15H,4-5,8-9H2,1H3,(H,16,17). The number of carbonyl (C=O) groups is 1. The van der Waals surface area contributed by atoms with Gasteiger partial charge in [0.2, 0.25) is 0 Å². The molecule has 0 spiro atoms. The van der Waals surface area contributed by atoms with Crippen LogP contribution in [0, 0.1) is 12.8 Å². The number of hydrogen-bond donors (Lipinski definition) is 2. The highest BCUT2D eigenvalue weighted by molar-refractivity contribution is 7.99. The third-order valence-corrected chi connectivity index (χ3v) is 4.13. The Morgan fingerprint density at radius 3 is 2.67 bits per heavy atom. The van der Waals surface area contributed by atoms with E-state index in [2.05, 4.69) is 36.5 Å². The fourth-order valence-electron chi connectivity index (χ4n) is 1.90. The van der Waals surface area contributed by atoms with Gasteiger partial charge in [-0.15, -0.1) is 11.8 Å². The second-order valence-electron chi connectivity index (χ2n) is 4.77. The van der Waals surface area contributed by atoms with Gasteiger partial charge in [-0.3, -0.25) is 4.79 Å². The Bertz CT molecular complexity index is 401. The van der Waals surface area contributed by atoms with Crippen LogP contribution in [0.1, 0.15) is 18.4 Å². The fourth-order valence-corrected chi connectivity index (χ4v) is 2.69. The highest BCUT2D eigenvalue weighted by atomic mass is 32.2. The van der Waals surface area contributed by atoms with Crippen LogP contribution in [0.5, 0.6) is 0 Å². The number of carboxylic acid groups (broad SMARTS) is 1. The summed E-state index contributed by atoms with van der Waals surface area (Å²) in [5.74, 6) is 0.546. The second-order valence-corrected chi connectivity index (χ2v) is 5.94. The second kappa shape index (κ2) is 6.25. The van der Waals surface area contributed by atoms with Gasteiger partial charge in [-0.05, 0) is 37.8 Å². The predicted molar refractivity (Wildman–Crippen MR) is 74.1 cm³/mol. The number of hydrogen-bond acceptors (Lipinski definition) is 3. The molecule has 1 aromatic carbocycles. The summed E-state index contributed by atoms with van der Waals surface area (Å²) < 4.78 is 0. The minimum absolute atomic E-state index is 0.344. The van der Waals surface area contributed by atoms with Crippen molar-refractivity contribution in [3.8, 4) is 0 Å². The quantitative estimate of drug-likeness (QED) is 0.587. The van der Waals surface area contributed by atoms with Crippen molar-refractivity contribution in [3.05, 3.63) is 29.8 Å². The van der Waals surface area contributed by atoms with Gasteiger partial charge in [0.25, 0.3) is 0 Å². The molecule has 0 saturated heterocycles. The molecule has 1 aliphatic rings. The van der Waals surface area contributed by atoms with Crippen LogP contribution in [0.25, 0.3) is 0 Å². The largest absolute Gasteiger partial charge is 0.480 e. The first-order valence-corrected chi connectivity index (χ1v) is 7.31. The highest BCUT2D eigenvalue weighted by Gasteiger charge is 2.35. The average molecular weight is 265 g/mol. The summed E-state index contributed by atoms with van der Waals surface area (Å²) in [6, 6.07) is 8.06. The number of rotatable bonds is 7. The van der Waals surface area contributed by atoms with Crippen LogP contribution >= 0.6 is 11.8 Å². The van der Waals surface area contributed by atoms with E-state index in [1.165, 1.54) is 10.5 Å². The van der Waals surface area contributed by atoms with Crippen LogP contribution in [0.3, 0.4) is 0 Å². The molecule has 2 N–H and O–H groups in total. The van der Waals surface area contributed by atoms with Crippen LogP contribution in [-0.4, -0.2) is 29.4 Å². The Labute approximate surface area is 112 Å². The maximum absolute atomic E-state index is 11.0. The van der Waals surface area contributed by atoms with Crippen molar-refractivity contribution >= 4 is 17.7 Å². The van der Waals surface area contributed by atoms with Gasteiger partial charge in [0, 0.05) is 17.2 Å². The van der Waals surface area contributed by atoms with Crippen molar-refractivity contribution < 1.29 is 9.90 Å². The number of thioether (sulfide) groups is 1. The average Bonchev–Trinajstić information content (AvgIpc) is 3.15. The molecule has 0 heterocycles. The monoisotopic (exact) mass is 265 g/mol. The lowest BCUT2D eigenvalue weighted by Gasteiger charge is -2.13. The van der Waals surface area contributed by atoms with Crippen LogP contribution in [0.4, 0.5) is 0 Å². The van der Waals surface area contributed by atoms with Gasteiger partial charge in [-0.2, -0.15) is 0 Å². The molecule has 4 heteroatoms. The van der Waals surface area contributed by atoms with Gasteiger partial charge in [0.05, 0.1) is 0 Å². The summed E-state index contributed by atoms with van der Waals surface area (Å²) in [7, 11) is 0. The Hall–Kier alpha value is -1.00. The molecule has 18 heavy (non-hydrogen) atoms. The van der Waals surface area contributed by atoms with E-state index in [9.17, 15) is 4.79 Å². The molecule has 98 valence electrons. The Balaban J connectivity index is 1.68. The van der Waals surface area contributed by atoms with Crippen LogP contribution < -0.4 is 5.32 Å². The lowest BCUT2D eigenvalue weighted by atomic mass is 10.2. The van der Waals surface area contributed by atoms with Gasteiger partial charge in [0.15, 0.2) is 0 Å². The minimum Gasteiger partial charge on any atom is -0.480 e. The van der Waals surface area contributed by atoms with E-state index in [0.29, 0.717) is 5.92 Å². The van der Waals surface area contributed by atoms with Gasteiger partial charge < -0.3 is 10.4 Å². The zero-order chi connectivity index (χ0) is 13.0. The first-order chi connectivity index (χ1) is 8.66. The molecule has 0 bridgehead atoms. The third-order valence-electron chi connectivity index (χ3n) is 3.12. The first-order valence-electron chi connectivity index (χ1n) is 6.32. The minimum atomic E-state index is -0.710. The molecule has 0 aliphatic heterocycles. The summed E-state index contributed by atoms with van der Waals surface area (Å²) in [4.78, 5) is 12.3. The summed E-state index contributed by atoms with van der Waals surface area (Å²) in [5, 5.41) is 12.2. The SMILES string of the molecule is Cc1ccc(SCCNC(C(=O)O)C2CC2)cc1. The normalized spacial score (nSPS) is 16.5. The lowest BCUT2D eigenvalue weighted by molar-refractivity contribution is -0.140. The molecule has 1 atom stereocenters. The van der Waals surface area contributed by atoms with E-state index in [1.54, 1.807) is 11.8 Å². The predicted octanol–water partition coefficient (Wildman–Crippen LogP) is 2.54. The van der Waals surface area contributed by atoms with Crippen molar-refractivity contribution in [2.45, 2.75) is 30.7 Å². The van der Waals surface area contributed by atoms with Crippen LogP contribution in [0.15, 0.2) is 29.2 Å². The molecule has 0 amide bonds. The number of nitrogens with one attached hydrogen (secondary N) is 1. The number of carboxylic acids is 1. The Morgan fingerprint density at radius 1 is 1.44 bits per heavy atom. The summed E-state index contributed by atoms with van der Waals surface area (Å²) in [5.41, 5.74) is 1.26. The van der Waals surface area contributed by atoms with Crippen molar-refractivity contribution in [2.75, 3.05) is 12.3 Å². The molecule has 1 aliphatic carbocycles. The van der Waals surface area contributed by atoms with Gasteiger partial charge in [-0.1, -0.05) is 17.7 Å². The van der Waals surface area contributed by atoms with Crippen molar-refractivity contribution in [1.82, 2.24) is 5.32 Å². The van der Waals surface area contributed by atoms with Gasteiger partial charge >= 0.3 is 5.97 Å². The molecule has 2 rings (SSSR count). The number of aryl methyl sites for hydroxylation is 1. The van der Waals surface area contributed by atoms with E-state index < -0.39 is 5.97 Å². The maximum Gasteiger partial charge on any atom is 0.320 e. The van der Waals surface area contributed by atoms with Crippen LogP contribution in [-0.2, 0) is 4.79 Å². The van der Waals surface area contributed by atoms with E-state index in [1.807, 2.05) is 0 Å². The molecule has 0 radical (unpaired) electrons. The molecule has 1 aromatic rings. The molecule has 3 nitrogen and oxygen atoms in total. The molecule has 1 fully saturated rings. The summed E-state index contributed by atoms with van der Waals surface area (Å²) in [6.07, 6.45) is 2.10. The molecule has 1 unspecified atom stereocenters. The Kier molecular flexibility index (Phi) is 4.66. The van der Waals surface area contributed by atoms with Gasteiger partial charge in [-0.25, -0.2) is 0 Å². The van der Waals surface area contributed by atoms with Crippen LogP contribution in [0.2, 0.25) is 0 Å². The fraction of sp³-hybridized carbons (Fsp3) is 0.500. The Morgan fingerprint density at radius 2 is 2.11 bits per heavy atom. The number of aliphatic carboxylic acids is 1. The van der Waals surface area contributed by atoms with E-state index in [0.717, 1.165) is 25.1 Å². The van der Waals surface area contributed by atoms with E-state index >= 15 is 0 Å². The summed E-state index contributed by atoms with van der Waals surface area (Å²) in [6.45, 7) is 2.81. The number of benzene rings is 1. The molecule has 0 aromatic heterocycles.